The monoisotopic (exact) mass is 229 g/mol. The summed E-state index contributed by atoms with van der Waals surface area (Å²) in [5.74, 6) is -0.00624. The van der Waals surface area contributed by atoms with Crippen LogP contribution in [0.5, 0.6) is 0 Å². The fourth-order valence-electron chi connectivity index (χ4n) is 1.25. The van der Waals surface area contributed by atoms with E-state index in [0.717, 1.165) is 6.54 Å². The first-order chi connectivity index (χ1) is 7.38. The third kappa shape index (κ3) is 5.82. The lowest BCUT2D eigenvalue weighted by atomic mass is 10.1. The van der Waals surface area contributed by atoms with Crippen LogP contribution in [0, 0.1) is 0 Å². The minimum Gasteiger partial charge on any atom is -0.344 e. The van der Waals surface area contributed by atoms with E-state index in [1.165, 1.54) is 6.92 Å². The predicted octanol–water partition coefficient (Wildman–Crippen LogP) is -0.426. The largest absolute Gasteiger partial charge is 0.344 e. The molecule has 1 N–H and O–H groups in total. The van der Waals surface area contributed by atoms with Crippen molar-refractivity contribution in [3.63, 3.8) is 0 Å². The van der Waals surface area contributed by atoms with Crippen LogP contribution in [0.2, 0.25) is 0 Å². The summed E-state index contributed by atoms with van der Waals surface area (Å²) in [6.07, 6.45) is 0.232. The Bertz CT molecular complexity index is 241. The lowest BCUT2D eigenvalue weighted by Crippen LogP contribution is -2.40. The van der Waals surface area contributed by atoms with Crippen LogP contribution in [-0.4, -0.2) is 68.8 Å². The maximum absolute atomic E-state index is 11.7. The minimum absolute atomic E-state index is 0.00291. The smallest absolute Gasteiger partial charge is 0.224 e. The minimum atomic E-state index is -0.366. The molecule has 0 heterocycles. The van der Waals surface area contributed by atoms with Gasteiger partial charge in [0.05, 0.1) is 6.04 Å². The maximum Gasteiger partial charge on any atom is 0.224 e. The van der Waals surface area contributed by atoms with Gasteiger partial charge in [-0.3, -0.25) is 9.59 Å². The molecule has 0 fully saturated rings. The van der Waals surface area contributed by atoms with E-state index in [4.69, 9.17) is 0 Å². The maximum atomic E-state index is 11.7. The first-order valence-corrected chi connectivity index (χ1v) is 5.45. The molecule has 0 spiro atoms. The van der Waals surface area contributed by atoms with Crippen LogP contribution in [0.1, 0.15) is 13.3 Å². The average molecular weight is 229 g/mol. The van der Waals surface area contributed by atoms with Gasteiger partial charge in [-0.15, -0.1) is 0 Å². The number of nitrogens with zero attached hydrogens (tertiary/aromatic N) is 2. The molecule has 5 heteroatoms. The molecule has 0 bridgehead atoms. The van der Waals surface area contributed by atoms with Gasteiger partial charge < -0.3 is 15.1 Å². The van der Waals surface area contributed by atoms with E-state index in [2.05, 4.69) is 5.32 Å². The van der Waals surface area contributed by atoms with E-state index < -0.39 is 0 Å². The van der Waals surface area contributed by atoms with E-state index >= 15 is 0 Å². The van der Waals surface area contributed by atoms with Crippen molar-refractivity contribution < 1.29 is 9.59 Å². The topological polar surface area (TPSA) is 52.7 Å². The molecule has 0 saturated carbocycles. The van der Waals surface area contributed by atoms with Crippen LogP contribution in [0.15, 0.2) is 0 Å². The molecule has 16 heavy (non-hydrogen) atoms. The lowest BCUT2D eigenvalue weighted by molar-refractivity contribution is -0.133. The van der Waals surface area contributed by atoms with Gasteiger partial charge in [0.25, 0.3) is 0 Å². The van der Waals surface area contributed by atoms with Gasteiger partial charge in [0.2, 0.25) is 5.91 Å². The number of amides is 1. The van der Waals surface area contributed by atoms with E-state index in [1.54, 1.807) is 19.0 Å². The lowest BCUT2D eigenvalue weighted by Gasteiger charge is -2.21. The molecule has 0 unspecified atom stereocenters. The molecular formula is C11H23N3O2. The first kappa shape index (κ1) is 15.1. The van der Waals surface area contributed by atoms with Gasteiger partial charge in [0.1, 0.15) is 5.78 Å². The Morgan fingerprint density at radius 2 is 1.75 bits per heavy atom. The zero-order valence-corrected chi connectivity index (χ0v) is 10.9. The Kier molecular flexibility index (Phi) is 6.92. The molecule has 0 aromatic rings. The Balaban J connectivity index is 4.08. The second-order valence-corrected chi connectivity index (χ2v) is 4.27. The molecular weight excluding hydrogens is 206 g/mol. The average Bonchev–Trinajstić information content (AvgIpc) is 2.21. The number of likely N-dealkylation sites (N-methyl/N-ethyl adjacent to an activating group) is 3. The van der Waals surface area contributed by atoms with E-state index in [0.29, 0.717) is 6.54 Å². The SMILES string of the molecule is CN[C@@H](CC(=O)N(C)CCN(C)C)C(C)=O. The molecule has 0 aliphatic rings. The first-order valence-electron chi connectivity index (χ1n) is 5.45. The molecule has 0 rings (SSSR count). The molecule has 0 aromatic carbocycles. The number of Topliss-reactive ketones (excluding diaryl/α,β-unsaturated/α-hetero) is 1. The fourth-order valence-corrected chi connectivity index (χ4v) is 1.25. The standard InChI is InChI=1S/C11H23N3O2/c1-9(15)10(12-2)8-11(16)14(5)7-6-13(3)4/h10,12H,6-8H2,1-5H3/t10-/m0/s1. The highest BCUT2D eigenvalue weighted by atomic mass is 16.2. The van der Waals surface area contributed by atoms with Crippen LogP contribution >= 0.6 is 0 Å². The normalized spacial score (nSPS) is 12.6. The number of ketones is 1. The van der Waals surface area contributed by atoms with Crippen LogP contribution in [0.3, 0.4) is 0 Å². The Hall–Kier alpha value is -0.940. The van der Waals surface area contributed by atoms with Gasteiger partial charge in [-0.05, 0) is 28.1 Å². The van der Waals surface area contributed by atoms with Crippen molar-refractivity contribution in [1.82, 2.24) is 15.1 Å². The number of hydrogen-bond donors (Lipinski definition) is 1. The van der Waals surface area contributed by atoms with Crippen LogP contribution < -0.4 is 5.32 Å². The van der Waals surface area contributed by atoms with Crippen molar-refractivity contribution in [3.05, 3.63) is 0 Å². The molecule has 1 atom stereocenters. The second kappa shape index (κ2) is 7.35. The number of carbonyl (C=O) groups excluding carboxylic acids is 2. The highest BCUT2D eigenvalue weighted by molar-refractivity contribution is 5.88. The van der Waals surface area contributed by atoms with E-state index in [9.17, 15) is 9.59 Å². The van der Waals surface area contributed by atoms with Crippen molar-refractivity contribution in [1.29, 1.82) is 0 Å². The quantitative estimate of drug-likeness (QED) is 0.644. The van der Waals surface area contributed by atoms with Gasteiger partial charge in [0, 0.05) is 26.6 Å². The second-order valence-electron chi connectivity index (χ2n) is 4.27. The third-order valence-electron chi connectivity index (χ3n) is 2.53. The van der Waals surface area contributed by atoms with Gasteiger partial charge in [-0.2, -0.15) is 0 Å². The summed E-state index contributed by atoms with van der Waals surface area (Å²) in [4.78, 5) is 26.6. The molecule has 0 radical (unpaired) electrons. The molecule has 0 saturated heterocycles. The molecule has 0 aliphatic carbocycles. The van der Waals surface area contributed by atoms with Crippen LogP contribution in [-0.2, 0) is 9.59 Å². The summed E-state index contributed by atoms with van der Waals surface area (Å²) in [6, 6.07) is -0.366. The summed E-state index contributed by atoms with van der Waals surface area (Å²) >= 11 is 0. The summed E-state index contributed by atoms with van der Waals surface area (Å²) in [5, 5.41) is 2.84. The summed E-state index contributed by atoms with van der Waals surface area (Å²) in [6.45, 7) is 3.00. The van der Waals surface area contributed by atoms with Crippen molar-refractivity contribution >= 4 is 11.7 Å². The molecule has 94 valence electrons. The van der Waals surface area contributed by atoms with Gasteiger partial charge >= 0.3 is 0 Å². The van der Waals surface area contributed by atoms with E-state index in [1.807, 2.05) is 19.0 Å². The zero-order valence-electron chi connectivity index (χ0n) is 10.9. The number of nitrogens with one attached hydrogen (secondary N) is 1. The summed E-state index contributed by atoms with van der Waals surface area (Å²) < 4.78 is 0. The highest BCUT2D eigenvalue weighted by Gasteiger charge is 2.18. The number of rotatable bonds is 7. The van der Waals surface area contributed by atoms with Gasteiger partial charge in [0.15, 0.2) is 0 Å². The van der Waals surface area contributed by atoms with Gasteiger partial charge in [-0.25, -0.2) is 0 Å². The molecule has 0 aliphatic heterocycles. The van der Waals surface area contributed by atoms with Crippen molar-refractivity contribution in [2.45, 2.75) is 19.4 Å². The predicted molar refractivity (Wildman–Crippen MR) is 64.3 cm³/mol. The van der Waals surface area contributed by atoms with Crippen molar-refractivity contribution in [2.75, 3.05) is 41.3 Å². The Morgan fingerprint density at radius 1 is 1.19 bits per heavy atom. The zero-order chi connectivity index (χ0) is 12.7. The molecule has 1 amide bonds. The Labute approximate surface area is 97.8 Å². The third-order valence-corrected chi connectivity index (χ3v) is 2.53. The fraction of sp³-hybridized carbons (Fsp3) is 0.818. The highest BCUT2D eigenvalue weighted by Crippen LogP contribution is 1.98. The summed E-state index contributed by atoms with van der Waals surface area (Å²) in [7, 11) is 7.38. The van der Waals surface area contributed by atoms with Crippen molar-refractivity contribution in [2.24, 2.45) is 0 Å². The van der Waals surface area contributed by atoms with E-state index in [-0.39, 0.29) is 24.2 Å². The summed E-state index contributed by atoms with van der Waals surface area (Å²) in [5.41, 5.74) is 0. The Morgan fingerprint density at radius 3 is 2.12 bits per heavy atom. The van der Waals surface area contributed by atoms with Crippen LogP contribution in [0.25, 0.3) is 0 Å². The molecule has 5 nitrogen and oxygen atoms in total. The van der Waals surface area contributed by atoms with Crippen molar-refractivity contribution in [3.8, 4) is 0 Å². The van der Waals surface area contributed by atoms with Crippen LogP contribution in [0.4, 0.5) is 0 Å². The number of hydrogen-bond acceptors (Lipinski definition) is 4. The van der Waals surface area contributed by atoms with Gasteiger partial charge in [-0.1, -0.05) is 0 Å². The number of carbonyl (C=O) groups is 2. The molecule has 0 aromatic heterocycles.